The molecule has 2 heterocycles. The van der Waals surface area contributed by atoms with E-state index in [4.69, 9.17) is 10.7 Å². The second-order valence-electron chi connectivity index (χ2n) is 8.49. The highest BCUT2D eigenvalue weighted by Gasteiger charge is 2.33. The molecule has 0 aromatic heterocycles. The van der Waals surface area contributed by atoms with Crippen LogP contribution >= 0.6 is 0 Å². The van der Waals surface area contributed by atoms with E-state index in [-0.39, 0.29) is 6.42 Å². The van der Waals surface area contributed by atoms with Gasteiger partial charge in [-0.1, -0.05) is 42.5 Å². The van der Waals surface area contributed by atoms with Crippen LogP contribution in [0.4, 0.5) is 20.2 Å². The molecule has 174 valence electrons. The first-order valence-electron chi connectivity index (χ1n) is 11.2. The third-order valence-corrected chi connectivity index (χ3v) is 6.26. The summed E-state index contributed by atoms with van der Waals surface area (Å²) in [5.41, 5.74) is 9.60. The maximum atomic E-state index is 14.7. The lowest BCUT2D eigenvalue weighted by Gasteiger charge is -2.31. The number of carbonyl (C=O) groups is 1. The first kappa shape index (κ1) is 21.9. The van der Waals surface area contributed by atoms with Crippen LogP contribution in [0.5, 0.6) is 0 Å². The lowest BCUT2D eigenvalue weighted by Crippen LogP contribution is -2.39. The Morgan fingerprint density at radius 3 is 2.82 bits per heavy atom. The summed E-state index contributed by atoms with van der Waals surface area (Å²) in [6.07, 6.45) is 5.67. The summed E-state index contributed by atoms with van der Waals surface area (Å²) in [6, 6.07) is 12.5. The number of fused-ring (bicyclic) bond motifs is 1. The summed E-state index contributed by atoms with van der Waals surface area (Å²) in [5.74, 6) is -0.551. The van der Waals surface area contributed by atoms with Crippen molar-refractivity contribution in [3.05, 3.63) is 95.2 Å². The Morgan fingerprint density at radius 2 is 2.03 bits per heavy atom. The number of hydrogen-bond acceptors (Lipinski definition) is 5. The van der Waals surface area contributed by atoms with Gasteiger partial charge >= 0.3 is 0 Å². The Balaban J connectivity index is 1.55. The fourth-order valence-electron chi connectivity index (χ4n) is 4.47. The molecule has 8 heteroatoms. The number of nitrogens with two attached hydrogens (primary N) is 1. The molecule has 34 heavy (non-hydrogen) atoms. The Bertz CT molecular complexity index is 1240. The van der Waals surface area contributed by atoms with Crippen LogP contribution in [0.3, 0.4) is 0 Å². The minimum Gasteiger partial charge on any atom is -0.387 e. The first-order valence-corrected chi connectivity index (χ1v) is 11.2. The molecule has 4 atom stereocenters. The summed E-state index contributed by atoms with van der Waals surface area (Å²) in [5, 5.41) is 9.94. The highest BCUT2D eigenvalue weighted by Crippen LogP contribution is 2.38. The Hall–Kier alpha value is -3.94. The van der Waals surface area contributed by atoms with E-state index >= 15 is 0 Å². The zero-order valence-electron chi connectivity index (χ0n) is 18.3. The van der Waals surface area contributed by atoms with Crippen molar-refractivity contribution in [2.24, 2.45) is 10.7 Å². The number of amidine groups is 1. The average molecular weight is 462 g/mol. The topological polar surface area (TPSA) is 91.5 Å². The van der Waals surface area contributed by atoms with Crippen molar-refractivity contribution in [3.8, 4) is 0 Å². The SMILES string of the molecule is NC(=O)c1ccccc1NC1NC(C2=CC=CNC2)=Nc2cc(C3C=CCC(F)C3F)ccc21. The molecule has 3 aliphatic rings. The third-order valence-electron chi connectivity index (χ3n) is 6.26. The average Bonchev–Trinajstić information content (AvgIpc) is 2.86. The number of nitrogens with zero attached hydrogens (tertiary/aromatic N) is 1. The van der Waals surface area contributed by atoms with Crippen LogP contribution < -0.4 is 21.7 Å². The standard InChI is InChI=1S/C26H25F2N5O/c27-20-8-3-7-17(23(20)28)15-10-11-19-22(13-15)32-25(16-5-4-12-30-14-16)33-26(19)31-21-9-2-1-6-18(21)24(29)34/h1-7,9-13,17,20,23,26,30-31H,8,14H2,(H2,29,34)(H,32,33). The number of primary amides is 1. The van der Waals surface area contributed by atoms with Crippen molar-refractivity contribution in [1.82, 2.24) is 10.6 Å². The van der Waals surface area contributed by atoms with Gasteiger partial charge in [-0.05, 0) is 42.5 Å². The molecule has 0 fully saturated rings. The number of hydrogen-bond donors (Lipinski definition) is 4. The minimum absolute atomic E-state index is 0.0920. The molecule has 0 bridgehead atoms. The Labute approximate surface area is 196 Å². The molecule has 0 radical (unpaired) electrons. The second-order valence-corrected chi connectivity index (χ2v) is 8.49. The summed E-state index contributed by atoms with van der Waals surface area (Å²) in [7, 11) is 0. The van der Waals surface area contributed by atoms with Crippen LogP contribution in [0.15, 0.2) is 83.5 Å². The molecular formula is C26H25F2N5O. The van der Waals surface area contributed by atoms with Gasteiger partial charge in [-0.2, -0.15) is 0 Å². The molecule has 2 aromatic carbocycles. The number of nitrogens with one attached hydrogen (secondary N) is 3. The Morgan fingerprint density at radius 1 is 1.18 bits per heavy atom. The van der Waals surface area contributed by atoms with E-state index in [0.717, 1.165) is 11.1 Å². The molecule has 4 unspecified atom stereocenters. The number of dihydropyridines is 1. The van der Waals surface area contributed by atoms with E-state index in [2.05, 4.69) is 16.0 Å². The monoisotopic (exact) mass is 461 g/mol. The number of anilines is 1. The summed E-state index contributed by atoms with van der Waals surface area (Å²) in [4.78, 5) is 16.7. The minimum atomic E-state index is -1.60. The highest BCUT2D eigenvalue weighted by molar-refractivity contribution is 6.03. The zero-order valence-corrected chi connectivity index (χ0v) is 18.3. The van der Waals surface area contributed by atoms with Gasteiger partial charge in [0.25, 0.3) is 5.91 Å². The van der Waals surface area contributed by atoms with Crippen molar-refractivity contribution >= 4 is 23.1 Å². The van der Waals surface area contributed by atoms with Gasteiger partial charge in [0.05, 0.1) is 11.3 Å². The van der Waals surface area contributed by atoms with E-state index < -0.39 is 30.3 Å². The summed E-state index contributed by atoms with van der Waals surface area (Å²) in [6.45, 7) is 0.587. The van der Waals surface area contributed by atoms with E-state index in [0.29, 0.717) is 34.9 Å². The van der Waals surface area contributed by atoms with Crippen LogP contribution in [0, 0.1) is 0 Å². The number of halogens is 2. The van der Waals surface area contributed by atoms with Crippen molar-refractivity contribution in [2.45, 2.75) is 30.8 Å². The first-order chi connectivity index (χ1) is 16.5. The molecule has 2 aromatic rings. The molecule has 0 spiro atoms. The normalized spacial score (nSPS) is 25.4. The lowest BCUT2D eigenvalue weighted by atomic mass is 9.85. The van der Waals surface area contributed by atoms with Crippen molar-refractivity contribution in [3.63, 3.8) is 0 Å². The van der Waals surface area contributed by atoms with Crippen molar-refractivity contribution in [1.29, 1.82) is 0 Å². The molecule has 5 rings (SSSR count). The van der Waals surface area contributed by atoms with Gasteiger partial charge in [0.1, 0.15) is 24.3 Å². The van der Waals surface area contributed by atoms with Gasteiger partial charge in [-0.3, -0.25) is 4.79 Å². The number of amides is 1. The van der Waals surface area contributed by atoms with Crippen LogP contribution in [-0.4, -0.2) is 30.6 Å². The summed E-state index contributed by atoms with van der Waals surface area (Å²) >= 11 is 0. The van der Waals surface area contributed by atoms with Crippen LogP contribution in [0.25, 0.3) is 0 Å². The van der Waals surface area contributed by atoms with Crippen molar-refractivity contribution < 1.29 is 13.6 Å². The number of aliphatic imine (C=N–C) groups is 1. The molecule has 0 saturated heterocycles. The van der Waals surface area contributed by atoms with Gasteiger partial charge in [-0.15, -0.1) is 0 Å². The number of rotatable bonds is 5. The van der Waals surface area contributed by atoms with E-state index in [1.807, 2.05) is 36.6 Å². The van der Waals surface area contributed by atoms with Crippen LogP contribution in [0.2, 0.25) is 0 Å². The molecule has 6 nitrogen and oxygen atoms in total. The van der Waals surface area contributed by atoms with Crippen LogP contribution in [-0.2, 0) is 0 Å². The molecular weight excluding hydrogens is 436 g/mol. The van der Waals surface area contributed by atoms with Gasteiger partial charge in [0.2, 0.25) is 0 Å². The molecule has 5 N–H and O–H groups in total. The molecule has 1 amide bonds. The fraction of sp³-hybridized carbons (Fsp3) is 0.231. The maximum Gasteiger partial charge on any atom is 0.250 e. The van der Waals surface area contributed by atoms with E-state index in [9.17, 15) is 13.6 Å². The number of alkyl halides is 2. The Kier molecular flexibility index (Phi) is 5.88. The molecule has 0 saturated carbocycles. The highest BCUT2D eigenvalue weighted by atomic mass is 19.2. The predicted octanol–water partition coefficient (Wildman–Crippen LogP) is 4.29. The van der Waals surface area contributed by atoms with Gasteiger partial charge in [0, 0.05) is 29.3 Å². The molecule has 1 aliphatic carbocycles. The zero-order chi connectivity index (χ0) is 23.7. The number of carbonyl (C=O) groups excluding carboxylic acids is 1. The smallest absolute Gasteiger partial charge is 0.250 e. The quantitative estimate of drug-likeness (QED) is 0.500. The largest absolute Gasteiger partial charge is 0.387 e. The van der Waals surface area contributed by atoms with Gasteiger partial charge in [-0.25, -0.2) is 13.8 Å². The number of allylic oxidation sites excluding steroid dienone is 4. The number of benzene rings is 2. The lowest BCUT2D eigenvalue weighted by molar-refractivity contribution is 0.100. The number of para-hydroxylation sites is 1. The fourth-order valence-corrected chi connectivity index (χ4v) is 4.47. The van der Waals surface area contributed by atoms with E-state index in [1.165, 1.54) is 0 Å². The van der Waals surface area contributed by atoms with Crippen molar-refractivity contribution in [2.75, 3.05) is 11.9 Å². The van der Waals surface area contributed by atoms with Gasteiger partial charge < -0.3 is 21.7 Å². The maximum absolute atomic E-state index is 14.7. The van der Waals surface area contributed by atoms with Crippen LogP contribution in [0.1, 0.15) is 40.0 Å². The van der Waals surface area contributed by atoms with E-state index in [1.54, 1.807) is 36.4 Å². The summed E-state index contributed by atoms with van der Waals surface area (Å²) < 4.78 is 28.7. The predicted molar refractivity (Wildman–Crippen MR) is 130 cm³/mol. The second kappa shape index (κ2) is 9.13. The third kappa shape index (κ3) is 4.19. The van der Waals surface area contributed by atoms with Gasteiger partial charge in [0.15, 0.2) is 0 Å². The molecule has 2 aliphatic heterocycles.